The number of hydrogen-bond acceptors (Lipinski definition) is 1. The fraction of sp³-hybridized carbons (Fsp3) is 1.00. The van der Waals surface area contributed by atoms with Crippen LogP contribution in [-0.4, -0.2) is 36.8 Å². The van der Waals surface area contributed by atoms with E-state index in [-0.39, 0.29) is 0 Å². The zero-order chi connectivity index (χ0) is 14.9. The van der Waals surface area contributed by atoms with Crippen LogP contribution in [0, 0.1) is 0 Å². The van der Waals surface area contributed by atoms with Gasteiger partial charge in [-0.1, -0.05) is 51.4 Å². The molecule has 0 aromatic heterocycles. The lowest BCUT2D eigenvalue weighted by Gasteiger charge is -2.16. The molecule has 0 unspecified atom stereocenters. The average molecular weight is 324 g/mol. The van der Waals surface area contributed by atoms with Crippen molar-refractivity contribution in [3.05, 3.63) is 0 Å². The van der Waals surface area contributed by atoms with Crippen molar-refractivity contribution >= 4 is 23.2 Å². The molecule has 0 fully saturated rings. The van der Waals surface area contributed by atoms with Crippen LogP contribution in [0.5, 0.6) is 0 Å². The van der Waals surface area contributed by atoms with Gasteiger partial charge in [-0.2, -0.15) is 0 Å². The van der Waals surface area contributed by atoms with Crippen molar-refractivity contribution in [2.75, 3.05) is 31.9 Å². The fourth-order valence-electron chi connectivity index (χ4n) is 2.48. The van der Waals surface area contributed by atoms with Crippen molar-refractivity contribution in [3.63, 3.8) is 0 Å². The van der Waals surface area contributed by atoms with Gasteiger partial charge in [-0.25, -0.2) is 0 Å². The highest BCUT2D eigenvalue weighted by atomic mass is 35.5. The maximum Gasteiger partial charge on any atom is 0.0223 e. The van der Waals surface area contributed by atoms with Crippen molar-refractivity contribution in [1.29, 1.82) is 0 Å². The highest BCUT2D eigenvalue weighted by Gasteiger charge is 1.98. The minimum atomic E-state index is 0.828. The third-order valence-electron chi connectivity index (χ3n) is 3.85. The van der Waals surface area contributed by atoms with E-state index < -0.39 is 0 Å². The molecule has 1 nitrogen and oxygen atoms in total. The van der Waals surface area contributed by atoms with E-state index in [1.165, 1.54) is 90.1 Å². The summed E-state index contributed by atoms with van der Waals surface area (Å²) in [6.07, 6.45) is 15.9. The molecule has 0 amide bonds. The van der Waals surface area contributed by atoms with Gasteiger partial charge in [0.2, 0.25) is 0 Å². The van der Waals surface area contributed by atoms with Crippen molar-refractivity contribution in [2.24, 2.45) is 0 Å². The standard InChI is InChI=1S/C17H35Cl2N/c1-20(16-12-8-4-2-6-10-14-18)17-13-9-5-3-7-11-15-19/h2-17H2,1H3. The first-order valence-electron chi connectivity index (χ1n) is 8.61. The zero-order valence-electron chi connectivity index (χ0n) is 13.5. The van der Waals surface area contributed by atoms with Crippen LogP contribution in [0.2, 0.25) is 0 Å². The molecule has 0 rings (SSSR count). The Hall–Kier alpha value is 0.540. The Labute approximate surface area is 137 Å². The summed E-state index contributed by atoms with van der Waals surface area (Å²) < 4.78 is 0. The van der Waals surface area contributed by atoms with Gasteiger partial charge in [-0.05, 0) is 45.8 Å². The molecular formula is C17H35Cl2N. The number of halogens is 2. The third-order valence-corrected chi connectivity index (χ3v) is 4.38. The number of alkyl halides is 2. The molecule has 3 heteroatoms. The van der Waals surface area contributed by atoms with E-state index in [4.69, 9.17) is 23.2 Å². The third kappa shape index (κ3) is 16.6. The van der Waals surface area contributed by atoms with Crippen LogP contribution in [0.15, 0.2) is 0 Å². The second-order valence-electron chi connectivity index (χ2n) is 5.92. The number of unbranched alkanes of at least 4 members (excludes halogenated alkanes) is 10. The second-order valence-corrected chi connectivity index (χ2v) is 6.68. The lowest BCUT2D eigenvalue weighted by molar-refractivity contribution is 0.314. The fourth-order valence-corrected chi connectivity index (χ4v) is 2.86. The van der Waals surface area contributed by atoms with E-state index >= 15 is 0 Å². The second kappa shape index (κ2) is 17.6. The summed E-state index contributed by atoms with van der Waals surface area (Å²) in [4.78, 5) is 2.50. The Bertz CT molecular complexity index is 158. The van der Waals surface area contributed by atoms with E-state index in [0.717, 1.165) is 11.8 Å². The Morgan fingerprint density at radius 1 is 0.500 bits per heavy atom. The first-order chi connectivity index (χ1) is 9.81. The first kappa shape index (κ1) is 20.5. The summed E-state index contributed by atoms with van der Waals surface area (Å²) in [5.41, 5.74) is 0. The molecule has 0 aromatic carbocycles. The molecule has 20 heavy (non-hydrogen) atoms. The van der Waals surface area contributed by atoms with Gasteiger partial charge in [0, 0.05) is 11.8 Å². The molecule has 0 heterocycles. The SMILES string of the molecule is CN(CCCCCCCCCl)CCCCCCCCCl. The van der Waals surface area contributed by atoms with Crippen molar-refractivity contribution < 1.29 is 0 Å². The lowest BCUT2D eigenvalue weighted by Crippen LogP contribution is -2.20. The quantitative estimate of drug-likeness (QED) is 0.246. The van der Waals surface area contributed by atoms with Crippen LogP contribution in [0.25, 0.3) is 0 Å². The normalized spacial score (nSPS) is 11.4. The predicted molar refractivity (Wildman–Crippen MR) is 94.3 cm³/mol. The van der Waals surface area contributed by atoms with Gasteiger partial charge in [0.05, 0.1) is 0 Å². The molecule has 0 aliphatic rings. The summed E-state index contributed by atoms with van der Waals surface area (Å²) in [7, 11) is 2.26. The van der Waals surface area contributed by atoms with Crippen molar-refractivity contribution in [3.8, 4) is 0 Å². The lowest BCUT2D eigenvalue weighted by atomic mass is 10.1. The summed E-state index contributed by atoms with van der Waals surface area (Å²) in [6, 6.07) is 0. The van der Waals surface area contributed by atoms with E-state index in [1.54, 1.807) is 0 Å². The zero-order valence-corrected chi connectivity index (χ0v) is 15.0. The Balaban J connectivity index is 3.11. The highest BCUT2D eigenvalue weighted by Crippen LogP contribution is 2.08. The van der Waals surface area contributed by atoms with Crippen molar-refractivity contribution in [1.82, 2.24) is 4.90 Å². The molecule has 0 radical (unpaired) electrons. The largest absolute Gasteiger partial charge is 0.306 e. The van der Waals surface area contributed by atoms with Gasteiger partial charge < -0.3 is 4.90 Å². The summed E-state index contributed by atoms with van der Waals surface area (Å²) in [5, 5.41) is 0. The van der Waals surface area contributed by atoms with E-state index in [1.807, 2.05) is 0 Å². The monoisotopic (exact) mass is 323 g/mol. The summed E-state index contributed by atoms with van der Waals surface area (Å²) >= 11 is 11.3. The van der Waals surface area contributed by atoms with Gasteiger partial charge in [0.15, 0.2) is 0 Å². The molecule has 0 aliphatic heterocycles. The molecule has 0 aromatic rings. The number of hydrogen-bond donors (Lipinski definition) is 0. The molecule has 0 aliphatic carbocycles. The Kier molecular flexibility index (Phi) is 18.1. The van der Waals surface area contributed by atoms with Gasteiger partial charge in [-0.15, -0.1) is 23.2 Å². The molecule has 0 bridgehead atoms. The minimum absolute atomic E-state index is 0.828. The van der Waals surface area contributed by atoms with E-state index in [9.17, 15) is 0 Å². The van der Waals surface area contributed by atoms with E-state index in [2.05, 4.69) is 11.9 Å². The Morgan fingerprint density at radius 3 is 1.15 bits per heavy atom. The maximum absolute atomic E-state index is 5.67. The molecule has 0 spiro atoms. The van der Waals surface area contributed by atoms with Crippen molar-refractivity contribution in [2.45, 2.75) is 77.0 Å². The Morgan fingerprint density at radius 2 is 0.800 bits per heavy atom. The molecule has 0 N–H and O–H groups in total. The molecule has 122 valence electrons. The van der Waals surface area contributed by atoms with Crippen LogP contribution in [-0.2, 0) is 0 Å². The van der Waals surface area contributed by atoms with E-state index in [0.29, 0.717) is 0 Å². The van der Waals surface area contributed by atoms with Crippen LogP contribution >= 0.6 is 23.2 Å². The predicted octanol–water partition coefficient (Wildman–Crippen LogP) is 6.08. The molecule has 0 atom stereocenters. The van der Waals surface area contributed by atoms with Crippen LogP contribution < -0.4 is 0 Å². The maximum atomic E-state index is 5.67. The summed E-state index contributed by atoms with van der Waals surface area (Å²) in [6.45, 7) is 2.53. The highest BCUT2D eigenvalue weighted by molar-refractivity contribution is 6.18. The molecule has 0 saturated carbocycles. The van der Waals surface area contributed by atoms with Crippen LogP contribution in [0.1, 0.15) is 77.0 Å². The minimum Gasteiger partial charge on any atom is -0.306 e. The average Bonchev–Trinajstić information content (AvgIpc) is 2.45. The van der Waals surface area contributed by atoms with Crippen LogP contribution in [0.4, 0.5) is 0 Å². The summed E-state index contributed by atoms with van der Waals surface area (Å²) in [5.74, 6) is 1.66. The van der Waals surface area contributed by atoms with Gasteiger partial charge in [-0.3, -0.25) is 0 Å². The first-order valence-corrected chi connectivity index (χ1v) is 9.68. The number of nitrogens with zero attached hydrogens (tertiary/aromatic N) is 1. The molecular weight excluding hydrogens is 289 g/mol. The van der Waals surface area contributed by atoms with Crippen LogP contribution in [0.3, 0.4) is 0 Å². The van der Waals surface area contributed by atoms with Gasteiger partial charge in [0.1, 0.15) is 0 Å². The topological polar surface area (TPSA) is 3.24 Å². The molecule has 0 saturated heterocycles. The number of rotatable bonds is 16. The van der Waals surface area contributed by atoms with Gasteiger partial charge in [0.25, 0.3) is 0 Å². The van der Waals surface area contributed by atoms with Gasteiger partial charge >= 0.3 is 0 Å². The smallest absolute Gasteiger partial charge is 0.0223 e.